The molecule has 146 valence electrons. The van der Waals surface area contributed by atoms with Crippen molar-refractivity contribution in [1.82, 2.24) is 15.0 Å². The third-order valence-corrected chi connectivity index (χ3v) is 5.98. The fourth-order valence-corrected chi connectivity index (χ4v) is 4.41. The lowest BCUT2D eigenvalue weighted by atomic mass is 9.94. The molecule has 2 aromatic rings. The van der Waals surface area contributed by atoms with Crippen LogP contribution in [0.1, 0.15) is 68.7 Å². The third kappa shape index (κ3) is 4.09. The molecule has 2 fully saturated rings. The number of hydrogen-bond acceptors (Lipinski definition) is 5. The number of likely N-dealkylation sites (tertiary alicyclic amines) is 1. The minimum absolute atomic E-state index is 0.0869. The Hall–Kier alpha value is -2.68. The topological polar surface area (TPSA) is 83.0 Å². The second-order valence-electron chi connectivity index (χ2n) is 7.96. The number of aromatic nitrogens is 2. The number of benzene rings is 1. The number of hydrogen-bond donors (Lipinski definition) is 0. The standard InChI is InChI=1S/C22H26N4O2/c23-14-16-7-5-10-18(13-16)20-24-21(28-25-20)19-11-6-12-26(15-19)22(27)17-8-3-1-2-4-9-17/h5,7,10,13,17,19H,1-4,6,8-9,11-12,15H2. The highest BCUT2D eigenvalue weighted by Crippen LogP contribution is 2.31. The van der Waals surface area contributed by atoms with Crippen LogP contribution >= 0.6 is 0 Å². The first kappa shape index (κ1) is 18.7. The zero-order valence-electron chi connectivity index (χ0n) is 16.1. The van der Waals surface area contributed by atoms with E-state index in [2.05, 4.69) is 16.2 Å². The van der Waals surface area contributed by atoms with Crippen LogP contribution in [-0.4, -0.2) is 34.0 Å². The molecule has 1 amide bonds. The zero-order chi connectivity index (χ0) is 19.3. The van der Waals surface area contributed by atoms with Crippen LogP contribution in [0.4, 0.5) is 0 Å². The van der Waals surface area contributed by atoms with Crippen LogP contribution in [0, 0.1) is 17.2 Å². The number of nitrogens with zero attached hydrogens (tertiary/aromatic N) is 4. The number of amides is 1. The Labute approximate surface area is 165 Å². The van der Waals surface area contributed by atoms with Gasteiger partial charge in [0.25, 0.3) is 0 Å². The van der Waals surface area contributed by atoms with Gasteiger partial charge in [0.05, 0.1) is 17.6 Å². The fourth-order valence-electron chi connectivity index (χ4n) is 4.41. The molecule has 4 rings (SSSR count). The summed E-state index contributed by atoms with van der Waals surface area (Å²) in [6.45, 7) is 1.49. The smallest absolute Gasteiger partial charge is 0.231 e. The highest BCUT2D eigenvalue weighted by molar-refractivity contribution is 5.79. The maximum atomic E-state index is 13.0. The lowest BCUT2D eigenvalue weighted by molar-refractivity contribution is -0.137. The van der Waals surface area contributed by atoms with E-state index in [1.165, 1.54) is 25.7 Å². The number of piperidine rings is 1. The van der Waals surface area contributed by atoms with E-state index in [0.717, 1.165) is 37.8 Å². The van der Waals surface area contributed by atoms with E-state index in [-0.39, 0.29) is 11.8 Å². The Kier molecular flexibility index (Phi) is 5.70. The van der Waals surface area contributed by atoms with E-state index >= 15 is 0 Å². The summed E-state index contributed by atoms with van der Waals surface area (Å²) in [6.07, 6.45) is 8.82. The van der Waals surface area contributed by atoms with E-state index in [0.29, 0.717) is 29.7 Å². The molecule has 6 heteroatoms. The van der Waals surface area contributed by atoms with Crippen LogP contribution < -0.4 is 0 Å². The molecule has 0 radical (unpaired) electrons. The maximum absolute atomic E-state index is 13.0. The normalized spacial score (nSPS) is 21.1. The lowest BCUT2D eigenvalue weighted by Crippen LogP contribution is -2.42. The Bertz CT molecular complexity index is 861. The van der Waals surface area contributed by atoms with Gasteiger partial charge in [-0.2, -0.15) is 10.2 Å². The van der Waals surface area contributed by atoms with E-state index in [1.54, 1.807) is 12.1 Å². The molecular formula is C22H26N4O2. The first-order valence-corrected chi connectivity index (χ1v) is 10.4. The van der Waals surface area contributed by atoms with E-state index in [9.17, 15) is 4.79 Å². The number of nitriles is 1. The molecule has 1 saturated carbocycles. The Balaban J connectivity index is 1.45. The molecule has 2 aliphatic rings. The lowest BCUT2D eigenvalue weighted by Gasteiger charge is -2.33. The van der Waals surface area contributed by atoms with Crippen LogP contribution in [-0.2, 0) is 4.79 Å². The Morgan fingerprint density at radius 3 is 2.75 bits per heavy atom. The average molecular weight is 378 g/mol. The van der Waals surface area contributed by atoms with Crippen molar-refractivity contribution in [3.05, 3.63) is 35.7 Å². The predicted molar refractivity (Wildman–Crippen MR) is 104 cm³/mol. The Morgan fingerprint density at radius 1 is 1.14 bits per heavy atom. The summed E-state index contributed by atoms with van der Waals surface area (Å²) in [5.74, 6) is 1.68. The molecule has 0 spiro atoms. The summed E-state index contributed by atoms with van der Waals surface area (Å²) in [5.41, 5.74) is 1.35. The van der Waals surface area contributed by atoms with Gasteiger partial charge in [-0.3, -0.25) is 4.79 Å². The summed E-state index contributed by atoms with van der Waals surface area (Å²) in [7, 11) is 0. The molecule has 1 aliphatic heterocycles. The average Bonchev–Trinajstić information content (AvgIpc) is 3.09. The monoisotopic (exact) mass is 378 g/mol. The van der Waals surface area contributed by atoms with Crippen LogP contribution in [0.2, 0.25) is 0 Å². The van der Waals surface area contributed by atoms with Crippen molar-refractivity contribution in [2.24, 2.45) is 5.92 Å². The molecule has 28 heavy (non-hydrogen) atoms. The highest BCUT2D eigenvalue weighted by Gasteiger charge is 2.32. The van der Waals surface area contributed by atoms with E-state index in [4.69, 9.17) is 9.78 Å². The minimum atomic E-state index is 0.0869. The van der Waals surface area contributed by atoms with E-state index in [1.807, 2.05) is 17.0 Å². The van der Waals surface area contributed by atoms with Gasteiger partial charge in [-0.1, -0.05) is 43.0 Å². The van der Waals surface area contributed by atoms with Gasteiger partial charge < -0.3 is 9.42 Å². The van der Waals surface area contributed by atoms with Crippen LogP contribution in [0.15, 0.2) is 28.8 Å². The molecule has 1 unspecified atom stereocenters. The van der Waals surface area contributed by atoms with Crippen molar-refractivity contribution >= 4 is 5.91 Å². The van der Waals surface area contributed by atoms with Gasteiger partial charge in [-0.05, 0) is 37.8 Å². The SMILES string of the molecule is N#Cc1cccc(-c2noc(C3CCCN(C(=O)C4CCCCCC4)C3)n2)c1. The van der Waals surface area contributed by atoms with Gasteiger partial charge in [0, 0.05) is 24.6 Å². The number of carbonyl (C=O) groups is 1. The van der Waals surface area contributed by atoms with Crippen molar-refractivity contribution in [3.63, 3.8) is 0 Å². The minimum Gasteiger partial charge on any atom is -0.342 e. The molecule has 1 aliphatic carbocycles. The third-order valence-electron chi connectivity index (χ3n) is 5.98. The molecule has 0 bridgehead atoms. The van der Waals surface area contributed by atoms with Crippen LogP contribution in [0.3, 0.4) is 0 Å². The van der Waals surface area contributed by atoms with Crippen molar-refractivity contribution in [2.45, 2.75) is 57.3 Å². The molecule has 0 N–H and O–H groups in total. The molecule has 1 aromatic carbocycles. The van der Waals surface area contributed by atoms with E-state index < -0.39 is 0 Å². The largest absolute Gasteiger partial charge is 0.342 e. The summed E-state index contributed by atoms with van der Waals surface area (Å²) in [6, 6.07) is 9.34. The molecule has 6 nitrogen and oxygen atoms in total. The number of rotatable bonds is 3. The van der Waals surface area contributed by atoms with Gasteiger partial charge >= 0.3 is 0 Å². The molecule has 1 aromatic heterocycles. The van der Waals surface area contributed by atoms with Crippen LogP contribution in [0.25, 0.3) is 11.4 Å². The van der Waals surface area contributed by atoms with Crippen molar-refractivity contribution in [2.75, 3.05) is 13.1 Å². The first-order chi connectivity index (χ1) is 13.7. The van der Waals surface area contributed by atoms with Crippen molar-refractivity contribution in [1.29, 1.82) is 5.26 Å². The highest BCUT2D eigenvalue weighted by atomic mass is 16.5. The molecule has 1 atom stereocenters. The van der Waals surface area contributed by atoms with Gasteiger partial charge in [0.1, 0.15) is 0 Å². The van der Waals surface area contributed by atoms with Crippen molar-refractivity contribution in [3.8, 4) is 17.5 Å². The second-order valence-corrected chi connectivity index (χ2v) is 7.96. The van der Waals surface area contributed by atoms with Crippen molar-refractivity contribution < 1.29 is 9.32 Å². The summed E-state index contributed by atoms with van der Waals surface area (Å²) >= 11 is 0. The quantitative estimate of drug-likeness (QED) is 0.744. The summed E-state index contributed by atoms with van der Waals surface area (Å²) < 4.78 is 5.54. The first-order valence-electron chi connectivity index (χ1n) is 10.4. The molecular weight excluding hydrogens is 352 g/mol. The van der Waals surface area contributed by atoms with Gasteiger partial charge in [0.15, 0.2) is 0 Å². The number of carbonyl (C=O) groups excluding carboxylic acids is 1. The zero-order valence-corrected chi connectivity index (χ0v) is 16.1. The Morgan fingerprint density at radius 2 is 1.96 bits per heavy atom. The summed E-state index contributed by atoms with van der Waals surface area (Å²) in [5, 5.41) is 13.2. The second kappa shape index (κ2) is 8.55. The van der Waals surface area contributed by atoms with Gasteiger partial charge in [-0.25, -0.2) is 0 Å². The maximum Gasteiger partial charge on any atom is 0.231 e. The fraction of sp³-hybridized carbons (Fsp3) is 0.545. The van der Waals surface area contributed by atoms with Crippen LogP contribution in [0.5, 0.6) is 0 Å². The van der Waals surface area contributed by atoms with Gasteiger partial charge in [-0.15, -0.1) is 0 Å². The predicted octanol–water partition coefficient (Wildman–Crippen LogP) is 4.28. The molecule has 2 heterocycles. The molecule has 1 saturated heterocycles. The summed E-state index contributed by atoms with van der Waals surface area (Å²) in [4.78, 5) is 19.6. The van der Waals surface area contributed by atoms with Gasteiger partial charge in [0.2, 0.25) is 17.6 Å².